The Labute approximate surface area is 96.6 Å². The molecule has 3 rings (SSSR count). The molecule has 78 valence electrons. The molecule has 3 nitrogen and oxygen atoms in total. The normalized spacial score (nSPS) is 21.2. The van der Waals surface area contributed by atoms with Gasteiger partial charge < -0.3 is 10.2 Å². The van der Waals surface area contributed by atoms with Crippen LogP contribution in [0, 0.1) is 0 Å². The van der Waals surface area contributed by atoms with Gasteiger partial charge in [0.2, 0.25) is 5.91 Å². The van der Waals surface area contributed by atoms with E-state index in [1.165, 1.54) is 0 Å². The van der Waals surface area contributed by atoms with E-state index in [0.29, 0.717) is 0 Å². The second kappa shape index (κ2) is 2.76. The highest BCUT2D eigenvalue weighted by Gasteiger charge is 2.55. The van der Waals surface area contributed by atoms with Gasteiger partial charge in [-0.05, 0) is 31.0 Å². The minimum absolute atomic E-state index is 0.135. The van der Waals surface area contributed by atoms with Crippen molar-refractivity contribution in [3.8, 4) is 0 Å². The molecule has 1 aromatic rings. The minimum atomic E-state index is -0.249. The van der Waals surface area contributed by atoms with E-state index >= 15 is 0 Å². The lowest BCUT2D eigenvalue weighted by atomic mass is 10.1. The Balaban J connectivity index is 2.13. The molecule has 2 aliphatic rings. The highest BCUT2D eigenvalue weighted by molar-refractivity contribution is 9.10. The van der Waals surface area contributed by atoms with E-state index in [9.17, 15) is 4.79 Å². The van der Waals surface area contributed by atoms with Crippen LogP contribution < -0.4 is 10.2 Å². The van der Waals surface area contributed by atoms with Crippen LogP contribution in [0.4, 0.5) is 11.4 Å². The highest BCUT2D eigenvalue weighted by atomic mass is 79.9. The van der Waals surface area contributed by atoms with Crippen LogP contribution in [-0.4, -0.2) is 18.5 Å². The van der Waals surface area contributed by atoms with Crippen molar-refractivity contribution < 1.29 is 4.79 Å². The van der Waals surface area contributed by atoms with Crippen LogP contribution in [0.25, 0.3) is 0 Å². The maximum absolute atomic E-state index is 11.9. The Morgan fingerprint density at radius 3 is 2.87 bits per heavy atom. The van der Waals surface area contributed by atoms with Gasteiger partial charge in [0.05, 0.1) is 11.4 Å². The molecule has 15 heavy (non-hydrogen) atoms. The van der Waals surface area contributed by atoms with E-state index in [1.54, 1.807) is 0 Å². The molecule has 4 heteroatoms. The first kappa shape index (κ1) is 9.21. The van der Waals surface area contributed by atoms with E-state index in [0.717, 1.165) is 28.7 Å². The summed E-state index contributed by atoms with van der Waals surface area (Å²) in [4.78, 5) is 14.0. The first-order valence-electron chi connectivity index (χ1n) is 4.98. The third kappa shape index (κ3) is 1.14. The summed E-state index contributed by atoms with van der Waals surface area (Å²) < 4.78 is 0.988. The maximum atomic E-state index is 11.9. The van der Waals surface area contributed by atoms with Crippen LogP contribution in [-0.2, 0) is 4.79 Å². The van der Waals surface area contributed by atoms with E-state index in [2.05, 4.69) is 26.1 Å². The summed E-state index contributed by atoms with van der Waals surface area (Å²) in [6, 6.07) is 5.99. The summed E-state index contributed by atoms with van der Waals surface area (Å²) in [7, 11) is 2.00. The van der Waals surface area contributed by atoms with Crippen molar-refractivity contribution in [2.75, 3.05) is 17.3 Å². The van der Waals surface area contributed by atoms with E-state index in [4.69, 9.17) is 0 Å². The summed E-state index contributed by atoms with van der Waals surface area (Å²) in [5.74, 6) is 0.135. The van der Waals surface area contributed by atoms with Gasteiger partial charge in [0, 0.05) is 11.5 Å². The molecular weight excluding hydrogens is 256 g/mol. The number of anilines is 2. The molecule has 0 bridgehead atoms. The molecule has 1 heterocycles. The first-order valence-corrected chi connectivity index (χ1v) is 5.78. The lowest BCUT2D eigenvalue weighted by molar-refractivity contribution is -0.118. The Morgan fingerprint density at radius 1 is 1.47 bits per heavy atom. The van der Waals surface area contributed by atoms with Crippen molar-refractivity contribution >= 4 is 33.2 Å². The minimum Gasteiger partial charge on any atom is -0.358 e. The molecule has 0 radical (unpaired) electrons. The van der Waals surface area contributed by atoms with Gasteiger partial charge in [-0.15, -0.1) is 0 Å². The fourth-order valence-corrected chi connectivity index (χ4v) is 2.56. The Morgan fingerprint density at radius 2 is 2.20 bits per heavy atom. The largest absolute Gasteiger partial charge is 0.358 e. The monoisotopic (exact) mass is 266 g/mol. The predicted molar refractivity (Wildman–Crippen MR) is 63.1 cm³/mol. The van der Waals surface area contributed by atoms with Crippen molar-refractivity contribution in [2.24, 2.45) is 0 Å². The predicted octanol–water partition coefficient (Wildman–Crippen LogP) is 2.37. The second-order valence-electron chi connectivity index (χ2n) is 4.21. The van der Waals surface area contributed by atoms with Crippen LogP contribution in [0.1, 0.15) is 12.8 Å². The summed E-state index contributed by atoms with van der Waals surface area (Å²) in [5.41, 5.74) is 1.76. The van der Waals surface area contributed by atoms with E-state index in [-0.39, 0.29) is 11.4 Å². The third-order valence-electron chi connectivity index (χ3n) is 3.36. The number of carbonyl (C=O) groups is 1. The lowest BCUT2D eigenvalue weighted by Gasteiger charge is -2.35. The zero-order valence-electron chi connectivity index (χ0n) is 8.38. The molecule has 1 N–H and O–H groups in total. The van der Waals surface area contributed by atoms with Gasteiger partial charge in [0.1, 0.15) is 5.54 Å². The van der Waals surface area contributed by atoms with Gasteiger partial charge in [0.25, 0.3) is 0 Å². The number of benzene rings is 1. The fourth-order valence-electron chi connectivity index (χ4n) is 2.20. The van der Waals surface area contributed by atoms with Gasteiger partial charge in [-0.25, -0.2) is 0 Å². The number of hydrogen-bond donors (Lipinski definition) is 1. The Hall–Kier alpha value is -1.03. The highest BCUT2D eigenvalue weighted by Crippen LogP contribution is 2.49. The van der Waals surface area contributed by atoms with Crippen LogP contribution in [0.5, 0.6) is 0 Å². The zero-order valence-corrected chi connectivity index (χ0v) is 9.97. The number of nitrogens with one attached hydrogen (secondary N) is 1. The molecule has 1 amide bonds. The van der Waals surface area contributed by atoms with Crippen molar-refractivity contribution in [2.45, 2.75) is 18.4 Å². The number of amides is 1. The fraction of sp³-hybridized carbons (Fsp3) is 0.364. The number of carbonyl (C=O) groups excluding carboxylic acids is 1. The molecular formula is C11H11BrN2O. The SMILES string of the molecule is CN1c2ccc(Br)cc2NC(=O)C12CC2. The van der Waals surface area contributed by atoms with Gasteiger partial charge >= 0.3 is 0 Å². The molecule has 0 atom stereocenters. The molecule has 1 aliphatic heterocycles. The number of rotatable bonds is 0. The van der Waals surface area contributed by atoms with Crippen molar-refractivity contribution in [3.63, 3.8) is 0 Å². The second-order valence-corrected chi connectivity index (χ2v) is 5.12. The topological polar surface area (TPSA) is 32.3 Å². The molecule has 0 unspecified atom stereocenters. The Bertz CT molecular complexity index is 454. The zero-order chi connectivity index (χ0) is 10.6. The third-order valence-corrected chi connectivity index (χ3v) is 3.85. The van der Waals surface area contributed by atoms with E-state index < -0.39 is 0 Å². The number of hydrogen-bond acceptors (Lipinski definition) is 2. The van der Waals surface area contributed by atoms with Crippen molar-refractivity contribution in [1.82, 2.24) is 0 Å². The van der Waals surface area contributed by atoms with Crippen LogP contribution in [0.2, 0.25) is 0 Å². The molecule has 1 aliphatic carbocycles. The van der Waals surface area contributed by atoms with Gasteiger partial charge in [-0.1, -0.05) is 15.9 Å². The van der Waals surface area contributed by atoms with E-state index in [1.807, 2.05) is 25.2 Å². The van der Waals surface area contributed by atoms with Gasteiger partial charge in [-0.2, -0.15) is 0 Å². The summed E-state index contributed by atoms with van der Waals surface area (Å²) in [6.07, 6.45) is 1.93. The average Bonchev–Trinajstić information content (AvgIpc) is 2.96. The first-order chi connectivity index (χ1) is 7.13. The lowest BCUT2D eigenvalue weighted by Crippen LogP contribution is -2.48. The number of nitrogens with zero attached hydrogens (tertiary/aromatic N) is 1. The number of halogens is 1. The number of fused-ring (bicyclic) bond motifs is 1. The molecule has 1 saturated carbocycles. The summed E-state index contributed by atoms with van der Waals surface area (Å²) >= 11 is 3.40. The average molecular weight is 267 g/mol. The summed E-state index contributed by atoms with van der Waals surface area (Å²) in [5, 5.41) is 2.97. The van der Waals surface area contributed by atoms with Crippen LogP contribution in [0.15, 0.2) is 22.7 Å². The van der Waals surface area contributed by atoms with Crippen molar-refractivity contribution in [1.29, 1.82) is 0 Å². The van der Waals surface area contributed by atoms with Crippen molar-refractivity contribution in [3.05, 3.63) is 22.7 Å². The maximum Gasteiger partial charge on any atom is 0.250 e. The smallest absolute Gasteiger partial charge is 0.250 e. The number of likely N-dealkylation sites (N-methyl/N-ethyl adjacent to an activating group) is 1. The molecule has 0 aromatic heterocycles. The quantitative estimate of drug-likeness (QED) is 0.782. The van der Waals surface area contributed by atoms with Crippen LogP contribution >= 0.6 is 15.9 Å². The molecule has 1 spiro atoms. The summed E-state index contributed by atoms with van der Waals surface area (Å²) in [6.45, 7) is 0. The van der Waals surface area contributed by atoms with Crippen LogP contribution in [0.3, 0.4) is 0 Å². The standard InChI is InChI=1S/C11H11BrN2O/c1-14-9-3-2-7(12)6-8(9)13-10(15)11(14)4-5-11/h2-3,6H,4-5H2,1H3,(H,13,15). The Kier molecular flexibility index (Phi) is 1.69. The molecule has 0 saturated heterocycles. The molecule has 1 aromatic carbocycles. The van der Waals surface area contributed by atoms with Gasteiger partial charge in [-0.3, -0.25) is 4.79 Å². The van der Waals surface area contributed by atoms with Gasteiger partial charge in [0.15, 0.2) is 0 Å². The molecule has 1 fully saturated rings.